The lowest BCUT2D eigenvalue weighted by molar-refractivity contribution is 0.262. The van der Waals surface area contributed by atoms with Crippen LogP contribution in [-0.2, 0) is 0 Å². The summed E-state index contributed by atoms with van der Waals surface area (Å²) in [6.07, 6.45) is 0. The second-order valence-electron chi connectivity index (χ2n) is 5.05. The number of hydrogen-bond acceptors (Lipinski definition) is 5. The number of amides is 2. The summed E-state index contributed by atoms with van der Waals surface area (Å²) in [6, 6.07) is 14.4. The molecule has 25 heavy (non-hydrogen) atoms. The highest BCUT2D eigenvalue weighted by molar-refractivity contribution is 7.14. The summed E-state index contributed by atoms with van der Waals surface area (Å²) >= 11 is 1.36. The molecule has 1 heterocycles. The van der Waals surface area contributed by atoms with Crippen molar-refractivity contribution in [2.75, 3.05) is 24.9 Å². The highest BCUT2D eigenvalue weighted by Gasteiger charge is 2.10. The van der Waals surface area contributed by atoms with E-state index in [1.165, 1.54) is 11.3 Å². The lowest BCUT2D eigenvalue weighted by Gasteiger charge is -2.09. The number of nitrogens with one attached hydrogen (secondary N) is 2. The van der Waals surface area contributed by atoms with Gasteiger partial charge in [-0.1, -0.05) is 12.1 Å². The number of benzene rings is 2. The van der Waals surface area contributed by atoms with E-state index >= 15 is 0 Å². The maximum atomic E-state index is 12.2. The molecule has 1 aromatic heterocycles. The van der Waals surface area contributed by atoms with E-state index in [4.69, 9.17) is 9.47 Å². The summed E-state index contributed by atoms with van der Waals surface area (Å²) in [5.41, 5.74) is 2.34. The van der Waals surface area contributed by atoms with Crippen LogP contribution in [0.3, 0.4) is 0 Å². The van der Waals surface area contributed by atoms with Crippen molar-refractivity contribution in [2.24, 2.45) is 0 Å². The van der Waals surface area contributed by atoms with Crippen molar-refractivity contribution in [1.29, 1.82) is 0 Å². The molecule has 0 unspecified atom stereocenters. The van der Waals surface area contributed by atoms with Gasteiger partial charge in [0.1, 0.15) is 11.5 Å². The zero-order valence-electron chi connectivity index (χ0n) is 13.8. The summed E-state index contributed by atoms with van der Waals surface area (Å²) in [5.74, 6) is 1.38. The van der Waals surface area contributed by atoms with Crippen LogP contribution in [0.5, 0.6) is 11.5 Å². The molecule has 3 rings (SSSR count). The number of nitrogens with zero attached hydrogens (tertiary/aromatic N) is 1. The Bertz CT molecular complexity index is 862. The summed E-state index contributed by atoms with van der Waals surface area (Å²) in [6.45, 7) is 0. The first-order valence-electron chi connectivity index (χ1n) is 7.50. The van der Waals surface area contributed by atoms with Crippen LogP contribution in [-0.4, -0.2) is 25.2 Å². The van der Waals surface area contributed by atoms with Crippen molar-refractivity contribution in [2.45, 2.75) is 0 Å². The lowest BCUT2D eigenvalue weighted by Crippen LogP contribution is -2.19. The van der Waals surface area contributed by atoms with Crippen LogP contribution in [0.25, 0.3) is 11.3 Å². The van der Waals surface area contributed by atoms with Crippen molar-refractivity contribution < 1.29 is 14.3 Å². The Hall–Kier alpha value is -3.06. The van der Waals surface area contributed by atoms with Gasteiger partial charge in [-0.2, -0.15) is 0 Å². The molecule has 3 aromatic rings. The number of hydrogen-bond donors (Lipinski definition) is 2. The summed E-state index contributed by atoms with van der Waals surface area (Å²) < 4.78 is 10.4. The van der Waals surface area contributed by atoms with Crippen molar-refractivity contribution in [3.63, 3.8) is 0 Å². The molecular formula is C18H17N3O3S. The van der Waals surface area contributed by atoms with Crippen LogP contribution >= 0.6 is 11.3 Å². The predicted octanol–water partition coefficient (Wildman–Crippen LogP) is 4.47. The van der Waals surface area contributed by atoms with E-state index in [1.807, 2.05) is 41.8 Å². The van der Waals surface area contributed by atoms with Gasteiger partial charge in [0.05, 0.1) is 25.6 Å². The van der Waals surface area contributed by atoms with Crippen LogP contribution in [0.2, 0.25) is 0 Å². The third-order valence-electron chi connectivity index (χ3n) is 3.47. The molecule has 0 radical (unpaired) electrons. The molecule has 0 spiro atoms. The third-order valence-corrected chi connectivity index (χ3v) is 4.22. The van der Waals surface area contributed by atoms with Crippen LogP contribution < -0.4 is 20.1 Å². The monoisotopic (exact) mass is 355 g/mol. The number of carbonyl (C=O) groups excluding carboxylic acids is 1. The topological polar surface area (TPSA) is 72.5 Å². The highest BCUT2D eigenvalue weighted by atomic mass is 32.1. The van der Waals surface area contributed by atoms with Gasteiger partial charge in [-0.3, -0.25) is 5.32 Å². The molecule has 2 aromatic carbocycles. The van der Waals surface area contributed by atoms with E-state index < -0.39 is 0 Å². The summed E-state index contributed by atoms with van der Waals surface area (Å²) in [7, 11) is 3.18. The fraction of sp³-hybridized carbons (Fsp3) is 0.111. The first-order chi connectivity index (χ1) is 12.2. The number of urea groups is 1. The normalized spacial score (nSPS) is 10.2. The van der Waals surface area contributed by atoms with Gasteiger partial charge >= 0.3 is 6.03 Å². The quantitative estimate of drug-likeness (QED) is 0.708. The van der Waals surface area contributed by atoms with Gasteiger partial charge in [0.15, 0.2) is 5.13 Å². The predicted molar refractivity (Wildman–Crippen MR) is 99.7 cm³/mol. The van der Waals surface area contributed by atoms with E-state index in [9.17, 15) is 4.79 Å². The number of carbonyl (C=O) groups is 1. The maximum Gasteiger partial charge on any atom is 0.325 e. The second kappa shape index (κ2) is 7.67. The molecule has 2 amide bonds. The lowest BCUT2D eigenvalue weighted by atomic mass is 10.2. The number of aromatic nitrogens is 1. The van der Waals surface area contributed by atoms with Crippen LogP contribution in [0.15, 0.2) is 53.9 Å². The molecule has 0 fully saturated rings. The van der Waals surface area contributed by atoms with Gasteiger partial charge in [0.25, 0.3) is 0 Å². The molecule has 128 valence electrons. The van der Waals surface area contributed by atoms with Crippen LogP contribution in [0.1, 0.15) is 0 Å². The number of para-hydroxylation sites is 2. The molecule has 0 bridgehead atoms. The Morgan fingerprint density at radius 2 is 1.76 bits per heavy atom. The van der Waals surface area contributed by atoms with Gasteiger partial charge in [-0.25, -0.2) is 9.78 Å². The smallest absolute Gasteiger partial charge is 0.325 e. The molecule has 0 saturated carbocycles. The fourth-order valence-corrected chi connectivity index (χ4v) is 2.94. The number of ether oxygens (including phenoxy) is 2. The minimum Gasteiger partial charge on any atom is -0.497 e. The fourth-order valence-electron chi connectivity index (χ4n) is 2.22. The highest BCUT2D eigenvalue weighted by Crippen LogP contribution is 2.27. The molecular weight excluding hydrogens is 338 g/mol. The van der Waals surface area contributed by atoms with Gasteiger partial charge in [-0.15, -0.1) is 11.3 Å². The van der Waals surface area contributed by atoms with Gasteiger partial charge < -0.3 is 14.8 Å². The average molecular weight is 355 g/mol. The summed E-state index contributed by atoms with van der Waals surface area (Å²) in [4.78, 5) is 16.6. The second-order valence-corrected chi connectivity index (χ2v) is 5.90. The number of anilines is 2. The van der Waals surface area contributed by atoms with E-state index in [-0.39, 0.29) is 6.03 Å². The molecule has 2 N–H and O–H groups in total. The van der Waals surface area contributed by atoms with Gasteiger partial charge in [0.2, 0.25) is 0 Å². The van der Waals surface area contributed by atoms with Gasteiger partial charge in [-0.05, 0) is 36.4 Å². The number of methoxy groups -OCH3 is 2. The Balaban J connectivity index is 1.67. The minimum absolute atomic E-state index is 0.375. The zero-order chi connectivity index (χ0) is 17.6. The minimum atomic E-state index is -0.375. The van der Waals surface area contributed by atoms with Crippen molar-refractivity contribution in [1.82, 2.24) is 4.98 Å². The van der Waals surface area contributed by atoms with E-state index in [2.05, 4.69) is 15.6 Å². The zero-order valence-corrected chi connectivity index (χ0v) is 14.6. The number of rotatable bonds is 5. The third kappa shape index (κ3) is 4.07. The molecule has 0 aliphatic heterocycles. The molecule has 7 heteroatoms. The molecule has 0 aliphatic rings. The largest absolute Gasteiger partial charge is 0.497 e. The Morgan fingerprint density at radius 1 is 1.00 bits per heavy atom. The standard InChI is InChI=1S/C18H17N3O3S/c1-23-13-9-7-12(8-10-13)15-11-25-18(20-15)21-17(22)19-14-5-3-4-6-16(14)24-2/h3-11H,1-2H3,(H2,19,20,21,22). The Kier molecular flexibility index (Phi) is 5.15. The molecule has 0 atom stereocenters. The Labute approximate surface area is 149 Å². The van der Waals surface area contributed by atoms with E-state index in [0.29, 0.717) is 16.6 Å². The van der Waals surface area contributed by atoms with Crippen LogP contribution in [0.4, 0.5) is 15.6 Å². The first-order valence-corrected chi connectivity index (χ1v) is 8.38. The average Bonchev–Trinajstić information content (AvgIpc) is 3.10. The molecule has 6 nitrogen and oxygen atoms in total. The van der Waals surface area contributed by atoms with Crippen molar-refractivity contribution in [3.05, 3.63) is 53.9 Å². The van der Waals surface area contributed by atoms with E-state index in [0.717, 1.165) is 17.0 Å². The SMILES string of the molecule is COc1ccc(-c2csc(NC(=O)Nc3ccccc3OC)n2)cc1. The van der Waals surface area contributed by atoms with E-state index in [1.54, 1.807) is 26.4 Å². The Morgan fingerprint density at radius 3 is 2.48 bits per heavy atom. The van der Waals surface area contributed by atoms with Crippen molar-refractivity contribution >= 4 is 28.2 Å². The van der Waals surface area contributed by atoms with Crippen molar-refractivity contribution in [3.8, 4) is 22.8 Å². The maximum absolute atomic E-state index is 12.2. The summed E-state index contributed by atoms with van der Waals surface area (Å²) in [5, 5.41) is 7.88. The van der Waals surface area contributed by atoms with Gasteiger partial charge in [0, 0.05) is 10.9 Å². The number of thiazole rings is 1. The first kappa shape index (κ1) is 16.8. The molecule has 0 aliphatic carbocycles. The van der Waals surface area contributed by atoms with Crippen LogP contribution in [0, 0.1) is 0 Å². The molecule has 0 saturated heterocycles.